The van der Waals surface area contributed by atoms with Gasteiger partial charge in [-0.2, -0.15) is 0 Å². The number of hydrogen-bond acceptors (Lipinski definition) is 2. The highest BCUT2D eigenvalue weighted by Gasteiger charge is 2.24. The van der Waals surface area contributed by atoms with E-state index in [1.807, 2.05) is 39.0 Å². The van der Waals surface area contributed by atoms with Gasteiger partial charge in [-0.1, -0.05) is 39.0 Å². The molecular formula is C15H21NO2. The molecule has 1 N–H and O–H groups in total. The van der Waals surface area contributed by atoms with Crippen molar-refractivity contribution in [2.45, 2.75) is 27.2 Å². The van der Waals surface area contributed by atoms with Crippen LogP contribution in [0.15, 0.2) is 24.3 Å². The fourth-order valence-electron chi connectivity index (χ4n) is 2.02. The first-order valence-corrected chi connectivity index (χ1v) is 6.46. The minimum absolute atomic E-state index is 0.0985. The van der Waals surface area contributed by atoms with Crippen molar-refractivity contribution in [3.8, 4) is 5.75 Å². The van der Waals surface area contributed by atoms with Crippen LogP contribution in [-0.2, 0) is 11.2 Å². The van der Waals surface area contributed by atoms with Gasteiger partial charge in [0.1, 0.15) is 5.75 Å². The summed E-state index contributed by atoms with van der Waals surface area (Å²) < 4.78 is 5.70. The molecule has 98 valence electrons. The molecule has 1 aromatic carbocycles. The lowest BCUT2D eigenvalue weighted by molar-refractivity contribution is -0.128. The molecule has 1 aliphatic rings. The van der Waals surface area contributed by atoms with Gasteiger partial charge in [0.25, 0.3) is 0 Å². The van der Waals surface area contributed by atoms with Crippen molar-refractivity contribution in [2.75, 3.05) is 13.2 Å². The van der Waals surface area contributed by atoms with E-state index in [0.29, 0.717) is 19.1 Å². The molecule has 18 heavy (non-hydrogen) atoms. The van der Waals surface area contributed by atoms with Crippen molar-refractivity contribution in [3.63, 3.8) is 0 Å². The molecule has 0 aliphatic carbocycles. The van der Waals surface area contributed by atoms with Crippen LogP contribution in [0.5, 0.6) is 5.75 Å². The van der Waals surface area contributed by atoms with Crippen molar-refractivity contribution in [3.05, 3.63) is 29.8 Å². The number of hydrogen-bond donors (Lipinski definition) is 1. The average Bonchev–Trinajstić information content (AvgIpc) is 2.34. The van der Waals surface area contributed by atoms with Gasteiger partial charge in [0.15, 0.2) is 0 Å². The molecule has 1 amide bonds. The minimum Gasteiger partial charge on any atom is -0.493 e. The molecule has 0 saturated heterocycles. The van der Waals surface area contributed by atoms with Gasteiger partial charge >= 0.3 is 0 Å². The molecule has 1 aromatic rings. The van der Waals surface area contributed by atoms with E-state index in [-0.39, 0.29) is 11.3 Å². The van der Waals surface area contributed by atoms with Crippen LogP contribution in [0.3, 0.4) is 0 Å². The number of para-hydroxylation sites is 1. The van der Waals surface area contributed by atoms with Crippen LogP contribution in [0.2, 0.25) is 0 Å². The molecule has 2 rings (SSSR count). The zero-order chi connectivity index (χ0) is 13.2. The summed E-state index contributed by atoms with van der Waals surface area (Å²) in [5.41, 5.74) is 0.909. The SMILES string of the molecule is CC(C)(C)C(=O)NC[C@H]1COc2ccccc2C1. The summed E-state index contributed by atoms with van der Waals surface area (Å²) in [6.45, 7) is 7.14. The van der Waals surface area contributed by atoms with E-state index in [1.165, 1.54) is 5.56 Å². The van der Waals surface area contributed by atoms with E-state index >= 15 is 0 Å². The highest BCUT2D eigenvalue weighted by molar-refractivity contribution is 5.81. The van der Waals surface area contributed by atoms with Gasteiger partial charge in [-0.15, -0.1) is 0 Å². The van der Waals surface area contributed by atoms with Gasteiger partial charge in [-0.25, -0.2) is 0 Å². The molecule has 1 aliphatic heterocycles. The monoisotopic (exact) mass is 247 g/mol. The quantitative estimate of drug-likeness (QED) is 0.871. The fourth-order valence-corrected chi connectivity index (χ4v) is 2.02. The van der Waals surface area contributed by atoms with Crippen LogP contribution in [-0.4, -0.2) is 19.1 Å². The van der Waals surface area contributed by atoms with E-state index in [9.17, 15) is 4.79 Å². The van der Waals surface area contributed by atoms with Crippen LogP contribution < -0.4 is 10.1 Å². The number of ether oxygens (including phenoxy) is 1. The Balaban J connectivity index is 1.89. The zero-order valence-electron chi connectivity index (χ0n) is 11.3. The molecule has 0 aromatic heterocycles. The normalized spacial score (nSPS) is 18.7. The first kappa shape index (κ1) is 12.9. The third kappa shape index (κ3) is 3.03. The first-order valence-electron chi connectivity index (χ1n) is 6.46. The molecule has 0 unspecified atom stereocenters. The number of nitrogens with one attached hydrogen (secondary N) is 1. The smallest absolute Gasteiger partial charge is 0.225 e. The second-order valence-corrected chi connectivity index (χ2v) is 5.95. The van der Waals surface area contributed by atoms with E-state index in [4.69, 9.17) is 4.74 Å². The largest absolute Gasteiger partial charge is 0.493 e. The number of fused-ring (bicyclic) bond motifs is 1. The molecule has 3 nitrogen and oxygen atoms in total. The summed E-state index contributed by atoms with van der Waals surface area (Å²) in [4.78, 5) is 11.8. The van der Waals surface area contributed by atoms with E-state index in [1.54, 1.807) is 0 Å². The number of rotatable bonds is 2. The predicted molar refractivity (Wildman–Crippen MR) is 71.6 cm³/mol. The number of benzene rings is 1. The van der Waals surface area contributed by atoms with Crippen molar-refractivity contribution >= 4 is 5.91 Å². The summed E-state index contributed by atoms with van der Waals surface area (Å²) in [5, 5.41) is 3.00. The van der Waals surface area contributed by atoms with E-state index < -0.39 is 0 Å². The van der Waals surface area contributed by atoms with Gasteiger partial charge < -0.3 is 10.1 Å². The summed E-state index contributed by atoms with van der Waals surface area (Å²) in [6.07, 6.45) is 0.973. The standard InChI is InChI=1S/C15H21NO2/c1-15(2,3)14(17)16-9-11-8-12-6-4-5-7-13(12)18-10-11/h4-7,11H,8-10H2,1-3H3,(H,16,17)/t11-/m0/s1. The van der Waals surface area contributed by atoms with Gasteiger partial charge in [0.2, 0.25) is 5.91 Å². The Hall–Kier alpha value is -1.51. The van der Waals surface area contributed by atoms with Gasteiger partial charge in [-0.3, -0.25) is 4.79 Å². The summed E-state index contributed by atoms with van der Waals surface area (Å²) in [6, 6.07) is 8.10. The van der Waals surface area contributed by atoms with Gasteiger partial charge in [0.05, 0.1) is 6.61 Å². The molecule has 1 atom stereocenters. The summed E-state index contributed by atoms with van der Waals surface area (Å²) >= 11 is 0. The third-order valence-electron chi connectivity index (χ3n) is 3.19. The van der Waals surface area contributed by atoms with Crippen molar-refractivity contribution in [2.24, 2.45) is 11.3 Å². The molecular weight excluding hydrogens is 226 g/mol. The molecule has 0 bridgehead atoms. The molecule has 0 spiro atoms. The number of carbonyl (C=O) groups excluding carboxylic acids is 1. The van der Waals surface area contributed by atoms with Crippen LogP contribution >= 0.6 is 0 Å². The molecule has 3 heteroatoms. The highest BCUT2D eigenvalue weighted by atomic mass is 16.5. The topological polar surface area (TPSA) is 38.3 Å². The second-order valence-electron chi connectivity index (χ2n) is 5.95. The predicted octanol–water partition coefficient (Wildman–Crippen LogP) is 2.40. The second kappa shape index (κ2) is 5.01. The van der Waals surface area contributed by atoms with Crippen LogP contribution in [0.4, 0.5) is 0 Å². The molecule has 0 saturated carbocycles. The lowest BCUT2D eigenvalue weighted by Crippen LogP contribution is -2.40. The van der Waals surface area contributed by atoms with Crippen molar-refractivity contribution in [1.29, 1.82) is 0 Å². The van der Waals surface area contributed by atoms with Crippen LogP contribution in [0.25, 0.3) is 0 Å². The molecule has 0 fully saturated rings. The maximum absolute atomic E-state index is 11.8. The summed E-state index contributed by atoms with van der Waals surface area (Å²) in [5.74, 6) is 1.45. The number of carbonyl (C=O) groups is 1. The Kier molecular flexibility index (Phi) is 3.60. The summed E-state index contributed by atoms with van der Waals surface area (Å²) in [7, 11) is 0. The first-order chi connectivity index (χ1) is 8.47. The maximum Gasteiger partial charge on any atom is 0.225 e. The van der Waals surface area contributed by atoms with E-state index in [0.717, 1.165) is 12.2 Å². The Morgan fingerprint density at radius 3 is 2.83 bits per heavy atom. The molecule has 0 radical (unpaired) electrons. The zero-order valence-corrected chi connectivity index (χ0v) is 11.3. The average molecular weight is 247 g/mol. The maximum atomic E-state index is 11.8. The van der Waals surface area contributed by atoms with Crippen molar-refractivity contribution < 1.29 is 9.53 Å². The van der Waals surface area contributed by atoms with E-state index in [2.05, 4.69) is 11.4 Å². The third-order valence-corrected chi connectivity index (χ3v) is 3.19. The van der Waals surface area contributed by atoms with Crippen molar-refractivity contribution in [1.82, 2.24) is 5.32 Å². The lowest BCUT2D eigenvalue weighted by Gasteiger charge is -2.26. The Morgan fingerprint density at radius 2 is 2.11 bits per heavy atom. The Labute approximate surface area is 109 Å². The fraction of sp³-hybridized carbons (Fsp3) is 0.533. The minimum atomic E-state index is -0.326. The number of amides is 1. The van der Waals surface area contributed by atoms with Crippen LogP contribution in [0, 0.1) is 11.3 Å². The molecule has 1 heterocycles. The van der Waals surface area contributed by atoms with Crippen LogP contribution in [0.1, 0.15) is 26.3 Å². The lowest BCUT2D eigenvalue weighted by atomic mass is 9.94. The Bertz CT molecular complexity index is 434. The van der Waals surface area contributed by atoms with Gasteiger partial charge in [0, 0.05) is 17.9 Å². The van der Waals surface area contributed by atoms with Gasteiger partial charge in [-0.05, 0) is 18.1 Å². The Morgan fingerprint density at radius 1 is 1.39 bits per heavy atom. The highest BCUT2D eigenvalue weighted by Crippen LogP contribution is 2.26.